The summed E-state index contributed by atoms with van der Waals surface area (Å²) in [6.45, 7) is 2.91. The lowest BCUT2D eigenvalue weighted by Gasteiger charge is -2.35. The first kappa shape index (κ1) is 14.2. The number of ether oxygens (including phenoxy) is 1. The molecule has 2 unspecified atom stereocenters. The molecule has 1 aromatic heterocycles. The fourth-order valence-electron chi connectivity index (χ4n) is 2.28. The van der Waals surface area contributed by atoms with E-state index in [1.54, 1.807) is 7.11 Å². The third kappa shape index (κ3) is 2.72. The highest BCUT2D eigenvalue weighted by Crippen LogP contribution is 2.27. The van der Waals surface area contributed by atoms with Gasteiger partial charge in [0.15, 0.2) is 0 Å². The molecule has 1 saturated heterocycles. The zero-order chi connectivity index (χ0) is 14.0. The van der Waals surface area contributed by atoms with Crippen LogP contribution in [0.4, 0.5) is 5.69 Å². The van der Waals surface area contributed by atoms with Crippen LogP contribution >= 0.6 is 0 Å². The van der Waals surface area contributed by atoms with Gasteiger partial charge in [0, 0.05) is 32.6 Å². The summed E-state index contributed by atoms with van der Waals surface area (Å²) in [6, 6.07) is 1.49. The molecule has 7 heteroatoms. The molecule has 1 aliphatic rings. The highest BCUT2D eigenvalue weighted by molar-refractivity contribution is 7.89. The van der Waals surface area contributed by atoms with Crippen molar-refractivity contribution in [1.29, 1.82) is 0 Å². The number of nitrogen functional groups attached to an aromatic ring is 1. The molecule has 1 fully saturated rings. The Morgan fingerprint density at radius 3 is 2.89 bits per heavy atom. The van der Waals surface area contributed by atoms with Crippen LogP contribution in [0.25, 0.3) is 0 Å². The minimum atomic E-state index is -3.59. The minimum Gasteiger partial charge on any atom is -0.398 e. The molecule has 0 saturated carbocycles. The lowest BCUT2D eigenvalue weighted by molar-refractivity contribution is 0.0184. The molecule has 106 valence electrons. The molecule has 2 atom stereocenters. The van der Waals surface area contributed by atoms with E-state index in [1.165, 1.54) is 22.8 Å². The van der Waals surface area contributed by atoms with Gasteiger partial charge in [-0.3, -0.25) is 4.98 Å². The Morgan fingerprint density at radius 2 is 2.26 bits per heavy atom. The number of aromatic nitrogens is 1. The average molecular weight is 285 g/mol. The van der Waals surface area contributed by atoms with Gasteiger partial charge in [0.05, 0.1) is 11.8 Å². The van der Waals surface area contributed by atoms with Crippen molar-refractivity contribution >= 4 is 15.7 Å². The SMILES string of the molecule is COC1CN(S(=O)(=O)c2cnccc2N)CCC1C. The molecule has 0 amide bonds. The van der Waals surface area contributed by atoms with E-state index in [-0.39, 0.29) is 16.7 Å². The molecule has 0 aliphatic carbocycles. The molecule has 0 spiro atoms. The van der Waals surface area contributed by atoms with Crippen LogP contribution in [0.2, 0.25) is 0 Å². The molecule has 2 rings (SSSR count). The first-order valence-electron chi connectivity index (χ1n) is 6.19. The molecule has 1 aliphatic heterocycles. The molecule has 6 nitrogen and oxygen atoms in total. The van der Waals surface area contributed by atoms with Crippen LogP contribution in [0, 0.1) is 5.92 Å². The van der Waals surface area contributed by atoms with Crippen LogP contribution < -0.4 is 5.73 Å². The number of hydrogen-bond donors (Lipinski definition) is 1. The van der Waals surface area contributed by atoms with E-state index in [4.69, 9.17) is 10.5 Å². The summed E-state index contributed by atoms with van der Waals surface area (Å²) in [6.07, 6.45) is 3.47. The lowest BCUT2D eigenvalue weighted by atomic mass is 9.97. The quantitative estimate of drug-likeness (QED) is 0.884. The number of rotatable bonds is 3. The van der Waals surface area contributed by atoms with Crippen molar-refractivity contribution in [2.24, 2.45) is 5.92 Å². The summed E-state index contributed by atoms with van der Waals surface area (Å²) in [7, 11) is -1.99. The lowest BCUT2D eigenvalue weighted by Crippen LogP contribution is -2.46. The third-order valence-electron chi connectivity index (χ3n) is 3.59. The molecule has 0 radical (unpaired) electrons. The van der Waals surface area contributed by atoms with Gasteiger partial charge in [-0.05, 0) is 18.4 Å². The van der Waals surface area contributed by atoms with E-state index in [0.717, 1.165) is 6.42 Å². The van der Waals surface area contributed by atoms with Crippen molar-refractivity contribution in [2.75, 3.05) is 25.9 Å². The highest BCUT2D eigenvalue weighted by Gasteiger charge is 2.34. The maximum Gasteiger partial charge on any atom is 0.246 e. The summed E-state index contributed by atoms with van der Waals surface area (Å²) in [4.78, 5) is 3.91. The zero-order valence-corrected chi connectivity index (χ0v) is 11.9. The number of pyridine rings is 1. The van der Waals surface area contributed by atoms with Crippen LogP contribution in [0.15, 0.2) is 23.4 Å². The summed E-state index contributed by atoms with van der Waals surface area (Å²) >= 11 is 0. The molecule has 0 bridgehead atoms. The van der Waals surface area contributed by atoms with Gasteiger partial charge in [-0.15, -0.1) is 0 Å². The van der Waals surface area contributed by atoms with Crippen molar-refractivity contribution in [3.63, 3.8) is 0 Å². The van der Waals surface area contributed by atoms with Crippen molar-refractivity contribution < 1.29 is 13.2 Å². The number of piperidine rings is 1. The van der Waals surface area contributed by atoms with Gasteiger partial charge in [0.1, 0.15) is 4.90 Å². The number of hydrogen-bond acceptors (Lipinski definition) is 5. The van der Waals surface area contributed by atoms with Gasteiger partial charge in [0.25, 0.3) is 0 Å². The summed E-state index contributed by atoms with van der Waals surface area (Å²) in [5.74, 6) is 0.350. The Balaban J connectivity index is 2.28. The second kappa shape index (κ2) is 5.44. The van der Waals surface area contributed by atoms with Gasteiger partial charge in [-0.25, -0.2) is 8.42 Å². The Kier molecular flexibility index (Phi) is 4.07. The number of anilines is 1. The van der Waals surface area contributed by atoms with Gasteiger partial charge < -0.3 is 10.5 Å². The molecule has 2 N–H and O–H groups in total. The predicted octanol–water partition coefficient (Wildman–Crippen LogP) is 0.709. The Hall–Kier alpha value is -1.18. The van der Waals surface area contributed by atoms with Crippen molar-refractivity contribution in [3.8, 4) is 0 Å². The summed E-state index contributed by atoms with van der Waals surface area (Å²) in [5.41, 5.74) is 5.96. The number of methoxy groups -OCH3 is 1. The summed E-state index contributed by atoms with van der Waals surface area (Å²) < 4.78 is 31.8. The van der Waals surface area contributed by atoms with E-state index >= 15 is 0 Å². The zero-order valence-electron chi connectivity index (χ0n) is 11.1. The Bertz CT molecular complexity index is 547. The molecular weight excluding hydrogens is 266 g/mol. The fraction of sp³-hybridized carbons (Fsp3) is 0.583. The first-order chi connectivity index (χ1) is 8.96. The molecule has 19 heavy (non-hydrogen) atoms. The molecule has 0 aromatic carbocycles. The Morgan fingerprint density at radius 1 is 1.53 bits per heavy atom. The maximum absolute atomic E-state index is 12.5. The average Bonchev–Trinajstić information content (AvgIpc) is 2.39. The highest BCUT2D eigenvalue weighted by atomic mass is 32.2. The maximum atomic E-state index is 12.5. The third-order valence-corrected chi connectivity index (χ3v) is 5.50. The monoisotopic (exact) mass is 285 g/mol. The smallest absolute Gasteiger partial charge is 0.246 e. The second-order valence-corrected chi connectivity index (χ2v) is 6.72. The van der Waals surface area contributed by atoms with Crippen LogP contribution in [-0.2, 0) is 14.8 Å². The van der Waals surface area contributed by atoms with E-state index in [0.29, 0.717) is 19.0 Å². The van der Waals surface area contributed by atoms with E-state index < -0.39 is 10.0 Å². The van der Waals surface area contributed by atoms with Gasteiger partial charge in [-0.2, -0.15) is 4.31 Å². The molecular formula is C12H19N3O3S. The normalized spacial score (nSPS) is 25.4. The number of nitrogens with two attached hydrogens (primary N) is 1. The second-order valence-electron chi connectivity index (χ2n) is 4.82. The standard InChI is InChI=1S/C12H19N3O3S/c1-9-4-6-15(8-11(9)18-2)19(16,17)12-7-14-5-3-10(12)13/h3,5,7,9,11H,4,6,8H2,1-2H3,(H2,13,14). The minimum absolute atomic E-state index is 0.0689. The van der Waals surface area contributed by atoms with Gasteiger partial charge in [-0.1, -0.05) is 6.92 Å². The van der Waals surface area contributed by atoms with Gasteiger partial charge in [0.2, 0.25) is 10.0 Å². The topological polar surface area (TPSA) is 85.5 Å². The first-order valence-corrected chi connectivity index (χ1v) is 7.63. The largest absolute Gasteiger partial charge is 0.398 e. The number of nitrogens with zero attached hydrogens (tertiary/aromatic N) is 2. The van der Waals surface area contributed by atoms with Crippen LogP contribution in [-0.4, -0.2) is 44.0 Å². The summed E-state index contributed by atoms with van der Waals surface area (Å²) in [5, 5.41) is 0. The van der Waals surface area contributed by atoms with E-state index in [1.807, 2.05) is 0 Å². The van der Waals surface area contributed by atoms with E-state index in [2.05, 4.69) is 11.9 Å². The van der Waals surface area contributed by atoms with Crippen molar-refractivity contribution in [2.45, 2.75) is 24.3 Å². The van der Waals surface area contributed by atoms with Crippen molar-refractivity contribution in [3.05, 3.63) is 18.5 Å². The number of sulfonamides is 1. The van der Waals surface area contributed by atoms with Gasteiger partial charge >= 0.3 is 0 Å². The van der Waals surface area contributed by atoms with E-state index in [9.17, 15) is 8.42 Å². The van der Waals surface area contributed by atoms with Crippen LogP contribution in [0.3, 0.4) is 0 Å². The van der Waals surface area contributed by atoms with Crippen LogP contribution in [0.5, 0.6) is 0 Å². The fourth-order valence-corrected chi connectivity index (χ4v) is 3.80. The Labute approximate surface area is 113 Å². The van der Waals surface area contributed by atoms with Crippen molar-refractivity contribution in [1.82, 2.24) is 9.29 Å². The molecule has 1 aromatic rings. The predicted molar refractivity (Wildman–Crippen MR) is 72.0 cm³/mol. The molecule has 2 heterocycles. The van der Waals surface area contributed by atoms with Crippen LogP contribution in [0.1, 0.15) is 13.3 Å².